The third-order valence-electron chi connectivity index (χ3n) is 1.76. The van der Waals surface area contributed by atoms with Crippen LogP contribution in [0, 0.1) is 11.8 Å². The molecule has 8 heavy (non-hydrogen) atoms. The number of halogens is 2. The summed E-state index contributed by atoms with van der Waals surface area (Å²) in [6.45, 7) is 2.02. The minimum absolute atomic E-state index is 0.126. The van der Waals surface area contributed by atoms with Crippen molar-refractivity contribution in [2.24, 2.45) is 11.8 Å². The molecule has 0 heterocycles. The minimum atomic E-state index is -2.08. The lowest BCUT2D eigenvalue weighted by atomic mass is 10.2. The summed E-state index contributed by atoms with van der Waals surface area (Å²) in [6, 6.07) is 0. The normalized spacial score (nSPS) is 36.0. The highest BCUT2D eigenvalue weighted by Crippen LogP contribution is 2.41. The Bertz CT molecular complexity index is 80.6. The van der Waals surface area contributed by atoms with Crippen LogP contribution in [-0.4, -0.2) is 6.43 Å². The second kappa shape index (κ2) is 2.00. The molecule has 1 unspecified atom stereocenters. The molecular weight excluding hydrogens is 110 g/mol. The molecule has 2 heteroatoms. The second-order valence-electron chi connectivity index (χ2n) is 2.60. The molecular formula is C6H10F2. The molecule has 0 saturated heterocycles. The number of rotatable bonds is 2. The Labute approximate surface area is 47.9 Å². The van der Waals surface area contributed by atoms with Crippen LogP contribution in [0.1, 0.15) is 19.8 Å². The largest absolute Gasteiger partial charge is 0.238 e. The minimum Gasteiger partial charge on any atom is -0.211 e. The molecule has 0 amide bonds. The summed E-state index contributed by atoms with van der Waals surface area (Å²) >= 11 is 0. The van der Waals surface area contributed by atoms with Crippen molar-refractivity contribution in [2.45, 2.75) is 26.2 Å². The monoisotopic (exact) mass is 120 g/mol. The molecule has 2 atom stereocenters. The van der Waals surface area contributed by atoms with Crippen LogP contribution >= 0.6 is 0 Å². The van der Waals surface area contributed by atoms with Crippen molar-refractivity contribution in [1.29, 1.82) is 0 Å². The van der Waals surface area contributed by atoms with E-state index >= 15 is 0 Å². The van der Waals surface area contributed by atoms with Gasteiger partial charge in [-0.05, 0) is 18.3 Å². The SMILES string of the molecule is CC1C[C@H]1CC(F)F. The smallest absolute Gasteiger partial charge is 0.211 e. The van der Waals surface area contributed by atoms with Crippen LogP contribution in [0.3, 0.4) is 0 Å². The Morgan fingerprint density at radius 3 is 2.25 bits per heavy atom. The number of hydrogen-bond acceptors (Lipinski definition) is 0. The lowest BCUT2D eigenvalue weighted by Gasteiger charge is -1.92. The van der Waals surface area contributed by atoms with Gasteiger partial charge in [-0.15, -0.1) is 0 Å². The molecule has 0 bridgehead atoms. The third-order valence-corrected chi connectivity index (χ3v) is 1.76. The van der Waals surface area contributed by atoms with E-state index in [2.05, 4.69) is 0 Å². The van der Waals surface area contributed by atoms with Gasteiger partial charge in [0.15, 0.2) is 0 Å². The van der Waals surface area contributed by atoms with Gasteiger partial charge in [0, 0.05) is 6.42 Å². The van der Waals surface area contributed by atoms with Gasteiger partial charge < -0.3 is 0 Å². The van der Waals surface area contributed by atoms with Crippen LogP contribution < -0.4 is 0 Å². The van der Waals surface area contributed by atoms with Crippen molar-refractivity contribution in [2.75, 3.05) is 0 Å². The molecule has 1 aliphatic rings. The van der Waals surface area contributed by atoms with Crippen LogP contribution in [0.2, 0.25) is 0 Å². The Morgan fingerprint density at radius 2 is 2.12 bits per heavy atom. The summed E-state index contributed by atoms with van der Waals surface area (Å²) < 4.78 is 23.0. The molecule has 1 aliphatic carbocycles. The average Bonchev–Trinajstić information content (AvgIpc) is 2.17. The van der Waals surface area contributed by atoms with Gasteiger partial charge in [0.25, 0.3) is 0 Å². The first-order valence-corrected chi connectivity index (χ1v) is 2.98. The highest BCUT2D eigenvalue weighted by atomic mass is 19.3. The van der Waals surface area contributed by atoms with E-state index in [9.17, 15) is 8.78 Å². The molecule has 0 aromatic heterocycles. The van der Waals surface area contributed by atoms with Crippen LogP contribution in [-0.2, 0) is 0 Å². The van der Waals surface area contributed by atoms with Gasteiger partial charge in [0.05, 0.1) is 0 Å². The average molecular weight is 120 g/mol. The van der Waals surface area contributed by atoms with E-state index in [-0.39, 0.29) is 6.42 Å². The Hall–Kier alpha value is -0.140. The summed E-state index contributed by atoms with van der Waals surface area (Å²) in [4.78, 5) is 0. The van der Waals surface area contributed by atoms with Crippen molar-refractivity contribution in [3.63, 3.8) is 0 Å². The predicted octanol–water partition coefficient (Wildman–Crippen LogP) is 2.30. The molecule has 0 spiro atoms. The van der Waals surface area contributed by atoms with Crippen molar-refractivity contribution < 1.29 is 8.78 Å². The van der Waals surface area contributed by atoms with E-state index in [0.717, 1.165) is 6.42 Å². The van der Waals surface area contributed by atoms with Gasteiger partial charge in [-0.25, -0.2) is 8.78 Å². The molecule has 0 aromatic rings. The molecule has 48 valence electrons. The van der Waals surface area contributed by atoms with Gasteiger partial charge >= 0.3 is 0 Å². The summed E-state index contributed by atoms with van der Waals surface area (Å²) in [6.07, 6.45) is -0.934. The van der Waals surface area contributed by atoms with Gasteiger partial charge in [0.2, 0.25) is 6.43 Å². The van der Waals surface area contributed by atoms with Crippen molar-refractivity contribution >= 4 is 0 Å². The fourth-order valence-electron chi connectivity index (χ4n) is 0.956. The summed E-state index contributed by atoms with van der Waals surface area (Å²) in [5.74, 6) is 0.916. The van der Waals surface area contributed by atoms with E-state index in [0.29, 0.717) is 11.8 Å². The predicted molar refractivity (Wildman–Crippen MR) is 27.9 cm³/mol. The maximum atomic E-state index is 11.5. The summed E-state index contributed by atoms with van der Waals surface area (Å²) in [5, 5.41) is 0. The lowest BCUT2D eigenvalue weighted by molar-refractivity contribution is 0.128. The molecule has 1 rings (SSSR count). The van der Waals surface area contributed by atoms with E-state index in [1.807, 2.05) is 6.92 Å². The second-order valence-corrected chi connectivity index (χ2v) is 2.60. The van der Waals surface area contributed by atoms with E-state index in [1.165, 1.54) is 0 Å². The van der Waals surface area contributed by atoms with Crippen molar-refractivity contribution in [3.05, 3.63) is 0 Å². The molecule has 0 nitrogen and oxygen atoms in total. The third kappa shape index (κ3) is 1.42. The van der Waals surface area contributed by atoms with Crippen LogP contribution in [0.5, 0.6) is 0 Å². The van der Waals surface area contributed by atoms with Gasteiger partial charge in [-0.3, -0.25) is 0 Å². The molecule has 0 aromatic carbocycles. The first-order valence-electron chi connectivity index (χ1n) is 2.98. The standard InChI is InChI=1S/C6H10F2/c1-4-2-5(4)3-6(7)8/h4-6H,2-3H2,1H3/t4?,5-/m0/s1. The quantitative estimate of drug-likeness (QED) is 0.524. The maximum Gasteiger partial charge on any atom is 0.238 e. The van der Waals surface area contributed by atoms with E-state index in [4.69, 9.17) is 0 Å². The topological polar surface area (TPSA) is 0 Å². The maximum absolute atomic E-state index is 11.5. The zero-order chi connectivity index (χ0) is 6.15. The number of hydrogen-bond donors (Lipinski definition) is 0. The fraction of sp³-hybridized carbons (Fsp3) is 1.00. The van der Waals surface area contributed by atoms with Crippen LogP contribution in [0.4, 0.5) is 8.78 Å². The van der Waals surface area contributed by atoms with E-state index in [1.54, 1.807) is 0 Å². The zero-order valence-corrected chi connectivity index (χ0v) is 4.90. The van der Waals surface area contributed by atoms with Gasteiger partial charge in [-0.2, -0.15) is 0 Å². The Balaban J connectivity index is 2.05. The number of alkyl halides is 2. The zero-order valence-electron chi connectivity index (χ0n) is 4.90. The van der Waals surface area contributed by atoms with E-state index < -0.39 is 6.43 Å². The van der Waals surface area contributed by atoms with Crippen molar-refractivity contribution in [1.82, 2.24) is 0 Å². The van der Waals surface area contributed by atoms with Gasteiger partial charge in [-0.1, -0.05) is 6.92 Å². The first-order chi connectivity index (χ1) is 3.70. The lowest BCUT2D eigenvalue weighted by Crippen LogP contribution is -1.91. The van der Waals surface area contributed by atoms with Gasteiger partial charge in [0.1, 0.15) is 0 Å². The van der Waals surface area contributed by atoms with Crippen LogP contribution in [0.25, 0.3) is 0 Å². The molecule has 1 saturated carbocycles. The summed E-state index contributed by atoms with van der Waals surface area (Å²) in [7, 11) is 0. The molecule has 0 radical (unpaired) electrons. The first kappa shape index (κ1) is 5.99. The van der Waals surface area contributed by atoms with Crippen LogP contribution in [0.15, 0.2) is 0 Å². The Morgan fingerprint density at radius 1 is 1.62 bits per heavy atom. The molecule has 0 aliphatic heterocycles. The summed E-state index contributed by atoms with van der Waals surface area (Å²) in [5.41, 5.74) is 0. The highest BCUT2D eigenvalue weighted by molar-refractivity contribution is 4.82. The highest BCUT2D eigenvalue weighted by Gasteiger charge is 2.34. The fourth-order valence-corrected chi connectivity index (χ4v) is 0.956. The Kier molecular flexibility index (Phi) is 1.49. The van der Waals surface area contributed by atoms with Crippen molar-refractivity contribution in [3.8, 4) is 0 Å². The molecule has 1 fully saturated rings. The molecule has 0 N–H and O–H groups in total.